The number of para-hydroxylation sites is 1. The summed E-state index contributed by atoms with van der Waals surface area (Å²) in [4.78, 5) is 24.1. The van der Waals surface area contributed by atoms with Crippen molar-refractivity contribution in [3.8, 4) is 5.69 Å². The quantitative estimate of drug-likeness (QED) is 0.796. The number of benzene rings is 1. The molecule has 0 N–H and O–H groups in total. The highest BCUT2D eigenvalue weighted by Gasteiger charge is 2.35. The van der Waals surface area contributed by atoms with Crippen LogP contribution in [0.15, 0.2) is 30.5 Å². The number of hydrogen-bond donors (Lipinski definition) is 0. The van der Waals surface area contributed by atoms with Crippen LogP contribution < -0.4 is 0 Å². The van der Waals surface area contributed by atoms with Gasteiger partial charge in [-0.1, -0.05) is 25.1 Å². The molecule has 21 heavy (non-hydrogen) atoms. The normalized spacial score (nSPS) is 15.3. The zero-order chi connectivity index (χ0) is 15.1. The zero-order valence-electron chi connectivity index (χ0n) is 12.0. The SMILES string of the molecule is COC(=O)c1cn2c(c1C(=O)OC)C(C)c1ccccc1-2. The third-order valence-corrected chi connectivity index (χ3v) is 3.91. The van der Waals surface area contributed by atoms with Gasteiger partial charge in [-0.05, 0) is 11.6 Å². The summed E-state index contributed by atoms with van der Waals surface area (Å²) in [7, 11) is 2.60. The smallest absolute Gasteiger partial charge is 0.340 e. The molecule has 0 saturated carbocycles. The first-order valence-corrected chi connectivity index (χ1v) is 6.61. The highest BCUT2D eigenvalue weighted by Crippen LogP contribution is 2.41. The van der Waals surface area contributed by atoms with Crippen molar-refractivity contribution in [2.75, 3.05) is 14.2 Å². The fourth-order valence-corrected chi connectivity index (χ4v) is 2.95. The van der Waals surface area contributed by atoms with Crippen molar-refractivity contribution < 1.29 is 19.1 Å². The molecule has 0 saturated heterocycles. The van der Waals surface area contributed by atoms with Crippen LogP contribution in [0.1, 0.15) is 44.8 Å². The Balaban J connectivity index is 2.29. The Labute approximate surface area is 122 Å². The van der Waals surface area contributed by atoms with E-state index in [4.69, 9.17) is 9.47 Å². The number of aromatic nitrogens is 1. The molecule has 0 spiro atoms. The lowest BCUT2D eigenvalue weighted by molar-refractivity contribution is 0.0555. The second-order valence-corrected chi connectivity index (χ2v) is 4.94. The zero-order valence-corrected chi connectivity index (χ0v) is 12.0. The van der Waals surface area contributed by atoms with Gasteiger partial charge in [0.05, 0.1) is 25.3 Å². The van der Waals surface area contributed by atoms with Gasteiger partial charge in [0.1, 0.15) is 0 Å². The highest BCUT2D eigenvalue weighted by molar-refractivity contribution is 6.05. The van der Waals surface area contributed by atoms with E-state index < -0.39 is 11.9 Å². The Hall–Kier alpha value is -2.56. The molecule has 0 bridgehead atoms. The van der Waals surface area contributed by atoms with Crippen LogP contribution in [-0.2, 0) is 9.47 Å². The number of nitrogens with zero attached hydrogens (tertiary/aromatic N) is 1. The Morgan fingerprint density at radius 2 is 1.76 bits per heavy atom. The van der Waals surface area contributed by atoms with Gasteiger partial charge in [0.2, 0.25) is 0 Å². The Morgan fingerprint density at radius 3 is 2.43 bits per heavy atom. The van der Waals surface area contributed by atoms with Crippen LogP contribution in [-0.4, -0.2) is 30.7 Å². The first-order chi connectivity index (χ1) is 10.1. The van der Waals surface area contributed by atoms with Gasteiger partial charge in [-0.15, -0.1) is 0 Å². The molecule has 1 aromatic carbocycles. The van der Waals surface area contributed by atoms with E-state index in [1.165, 1.54) is 14.2 Å². The van der Waals surface area contributed by atoms with Crippen molar-refractivity contribution in [1.29, 1.82) is 0 Å². The molecule has 0 fully saturated rings. The maximum Gasteiger partial charge on any atom is 0.340 e. The molecule has 2 aromatic rings. The third kappa shape index (κ3) is 1.77. The minimum atomic E-state index is -0.540. The maximum atomic E-state index is 12.1. The van der Waals surface area contributed by atoms with E-state index in [2.05, 4.69) is 0 Å². The van der Waals surface area contributed by atoms with Gasteiger partial charge in [0, 0.05) is 23.5 Å². The number of hydrogen-bond acceptors (Lipinski definition) is 4. The first-order valence-electron chi connectivity index (χ1n) is 6.61. The predicted molar refractivity (Wildman–Crippen MR) is 76.0 cm³/mol. The van der Waals surface area contributed by atoms with Crippen molar-refractivity contribution in [2.24, 2.45) is 0 Å². The number of rotatable bonds is 2. The molecule has 1 aliphatic heterocycles. The van der Waals surface area contributed by atoms with Gasteiger partial charge in [-0.2, -0.15) is 0 Å². The van der Waals surface area contributed by atoms with E-state index in [9.17, 15) is 9.59 Å². The third-order valence-electron chi connectivity index (χ3n) is 3.91. The maximum absolute atomic E-state index is 12.1. The second-order valence-electron chi connectivity index (χ2n) is 4.94. The fourth-order valence-electron chi connectivity index (χ4n) is 2.95. The molecular formula is C16H15NO4. The van der Waals surface area contributed by atoms with Crippen LogP contribution in [0.4, 0.5) is 0 Å². The lowest BCUT2D eigenvalue weighted by Crippen LogP contribution is -2.12. The van der Waals surface area contributed by atoms with Crippen LogP contribution in [0.2, 0.25) is 0 Å². The van der Waals surface area contributed by atoms with E-state index in [0.29, 0.717) is 0 Å². The van der Waals surface area contributed by atoms with Gasteiger partial charge in [-0.3, -0.25) is 0 Å². The second kappa shape index (κ2) is 4.77. The van der Waals surface area contributed by atoms with Crippen LogP contribution in [0.3, 0.4) is 0 Å². The average Bonchev–Trinajstić information content (AvgIpc) is 3.03. The Morgan fingerprint density at radius 1 is 1.10 bits per heavy atom. The lowest BCUT2D eigenvalue weighted by Gasteiger charge is -2.08. The average molecular weight is 285 g/mol. The topological polar surface area (TPSA) is 57.5 Å². The minimum absolute atomic E-state index is 0.00806. The van der Waals surface area contributed by atoms with Crippen molar-refractivity contribution >= 4 is 11.9 Å². The predicted octanol–water partition coefficient (Wildman–Crippen LogP) is 2.52. The molecule has 5 nitrogen and oxygen atoms in total. The van der Waals surface area contributed by atoms with E-state index >= 15 is 0 Å². The van der Waals surface area contributed by atoms with E-state index in [-0.39, 0.29) is 17.0 Å². The Bertz CT molecular complexity index is 745. The fraction of sp³-hybridized carbons (Fsp3) is 0.250. The summed E-state index contributed by atoms with van der Waals surface area (Å²) in [5.74, 6) is -1.06. The summed E-state index contributed by atoms with van der Waals surface area (Å²) in [6, 6.07) is 7.87. The number of carbonyl (C=O) groups excluding carboxylic acids is 2. The summed E-state index contributed by atoms with van der Waals surface area (Å²) in [6.07, 6.45) is 1.65. The van der Waals surface area contributed by atoms with Crippen molar-refractivity contribution in [3.63, 3.8) is 0 Å². The standard InChI is InChI=1S/C16H15NO4/c1-9-10-6-4-5-7-12(10)17-8-11(15(18)20-2)13(14(9)17)16(19)21-3/h4-9H,1-3H3. The Kier molecular flexibility index (Phi) is 3.05. The van der Waals surface area contributed by atoms with Crippen LogP contribution in [0, 0.1) is 0 Å². The molecule has 1 aromatic heterocycles. The van der Waals surface area contributed by atoms with Gasteiger partial charge in [0.15, 0.2) is 0 Å². The van der Waals surface area contributed by atoms with Crippen molar-refractivity contribution in [3.05, 3.63) is 52.8 Å². The molecule has 1 atom stereocenters. The molecule has 1 aliphatic rings. The monoisotopic (exact) mass is 285 g/mol. The number of fused-ring (bicyclic) bond motifs is 3. The summed E-state index contributed by atoms with van der Waals surface area (Å²) in [5, 5.41) is 0. The van der Waals surface area contributed by atoms with Crippen LogP contribution in [0.25, 0.3) is 5.69 Å². The molecule has 2 heterocycles. The number of esters is 2. The van der Waals surface area contributed by atoms with Crippen molar-refractivity contribution in [1.82, 2.24) is 4.57 Å². The molecule has 0 radical (unpaired) electrons. The molecule has 0 amide bonds. The van der Waals surface area contributed by atoms with E-state index in [0.717, 1.165) is 16.9 Å². The molecule has 108 valence electrons. The largest absolute Gasteiger partial charge is 0.465 e. The van der Waals surface area contributed by atoms with Gasteiger partial charge in [-0.25, -0.2) is 9.59 Å². The summed E-state index contributed by atoms with van der Waals surface area (Å²) < 4.78 is 11.5. The molecule has 3 rings (SSSR count). The van der Waals surface area contributed by atoms with Crippen molar-refractivity contribution in [2.45, 2.75) is 12.8 Å². The molecule has 0 aliphatic carbocycles. The molecule has 1 unspecified atom stereocenters. The van der Waals surface area contributed by atoms with E-state index in [1.807, 2.05) is 35.8 Å². The first kappa shape index (κ1) is 13.4. The van der Waals surface area contributed by atoms with E-state index in [1.54, 1.807) is 6.20 Å². The molecule has 5 heteroatoms. The highest BCUT2D eigenvalue weighted by atomic mass is 16.5. The van der Waals surface area contributed by atoms with Gasteiger partial charge < -0.3 is 14.0 Å². The number of carbonyl (C=O) groups is 2. The van der Waals surface area contributed by atoms with Gasteiger partial charge >= 0.3 is 11.9 Å². The number of methoxy groups -OCH3 is 2. The summed E-state index contributed by atoms with van der Waals surface area (Å²) >= 11 is 0. The lowest BCUT2D eigenvalue weighted by atomic mass is 9.96. The number of ether oxygens (including phenoxy) is 2. The molecular weight excluding hydrogens is 270 g/mol. The van der Waals surface area contributed by atoms with Gasteiger partial charge in [0.25, 0.3) is 0 Å². The summed E-state index contributed by atoms with van der Waals surface area (Å²) in [5.41, 5.74) is 3.38. The summed E-state index contributed by atoms with van der Waals surface area (Å²) in [6.45, 7) is 2.01. The van der Waals surface area contributed by atoms with Crippen LogP contribution >= 0.6 is 0 Å². The minimum Gasteiger partial charge on any atom is -0.465 e. The van der Waals surface area contributed by atoms with Crippen LogP contribution in [0.5, 0.6) is 0 Å².